The van der Waals surface area contributed by atoms with Crippen molar-refractivity contribution in [1.29, 1.82) is 0 Å². The summed E-state index contributed by atoms with van der Waals surface area (Å²) in [6.07, 6.45) is 1.24. The third-order valence-electron chi connectivity index (χ3n) is 5.13. The predicted molar refractivity (Wildman–Crippen MR) is 96.0 cm³/mol. The summed E-state index contributed by atoms with van der Waals surface area (Å²) in [7, 11) is 0. The van der Waals surface area contributed by atoms with Crippen molar-refractivity contribution in [1.82, 2.24) is 4.90 Å². The van der Waals surface area contributed by atoms with Gasteiger partial charge in [-0.1, -0.05) is 18.2 Å². The van der Waals surface area contributed by atoms with Crippen molar-refractivity contribution >= 4 is 11.7 Å². The normalized spacial score (nSPS) is 18.6. The number of amides is 1. The van der Waals surface area contributed by atoms with Crippen LogP contribution in [0.4, 0.5) is 4.39 Å². The molecule has 2 aromatic carbocycles. The maximum Gasteiger partial charge on any atom is 0.254 e. The SMILES string of the molecule is O=C(c1ccc(F)cc1)c1ccccc1C(=O)N1CCC2(CC1)OCCO2. The Balaban J connectivity index is 1.55. The smallest absolute Gasteiger partial charge is 0.254 e. The molecule has 4 rings (SSSR count). The number of piperidine rings is 1. The molecular weight excluding hydrogens is 349 g/mol. The van der Waals surface area contributed by atoms with E-state index in [9.17, 15) is 14.0 Å². The van der Waals surface area contributed by atoms with Crippen LogP contribution in [0.25, 0.3) is 0 Å². The summed E-state index contributed by atoms with van der Waals surface area (Å²) in [4.78, 5) is 27.6. The zero-order valence-electron chi connectivity index (χ0n) is 14.8. The molecule has 1 amide bonds. The van der Waals surface area contributed by atoms with Gasteiger partial charge in [-0.25, -0.2) is 4.39 Å². The molecule has 2 fully saturated rings. The number of hydrogen-bond donors (Lipinski definition) is 0. The maximum atomic E-state index is 13.1. The minimum atomic E-state index is -0.555. The van der Waals surface area contributed by atoms with Gasteiger partial charge in [0, 0.05) is 37.1 Å². The van der Waals surface area contributed by atoms with E-state index in [2.05, 4.69) is 0 Å². The minimum absolute atomic E-state index is 0.186. The summed E-state index contributed by atoms with van der Waals surface area (Å²) in [5.74, 6) is -1.45. The lowest BCUT2D eigenvalue weighted by atomic mass is 9.96. The molecule has 0 aliphatic carbocycles. The average molecular weight is 369 g/mol. The minimum Gasteiger partial charge on any atom is -0.347 e. The largest absolute Gasteiger partial charge is 0.347 e. The van der Waals surface area contributed by atoms with Crippen LogP contribution in [-0.4, -0.2) is 48.7 Å². The van der Waals surface area contributed by atoms with Crippen LogP contribution in [0.3, 0.4) is 0 Å². The van der Waals surface area contributed by atoms with E-state index < -0.39 is 11.6 Å². The Morgan fingerprint density at radius 1 is 0.889 bits per heavy atom. The second-order valence-corrected chi connectivity index (χ2v) is 6.78. The summed E-state index contributed by atoms with van der Waals surface area (Å²) in [5, 5.41) is 0. The summed E-state index contributed by atoms with van der Waals surface area (Å²) in [6.45, 7) is 2.20. The molecule has 6 heteroatoms. The molecule has 2 saturated heterocycles. The molecule has 2 heterocycles. The number of nitrogens with zero attached hydrogens (tertiary/aromatic N) is 1. The van der Waals surface area contributed by atoms with Gasteiger partial charge in [-0.3, -0.25) is 9.59 Å². The Labute approximate surface area is 156 Å². The van der Waals surface area contributed by atoms with Crippen molar-refractivity contribution in [3.05, 3.63) is 71.0 Å². The Morgan fingerprint density at radius 3 is 2.11 bits per heavy atom. The number of rotatable bonds is 3. The van der Waals surface area contributed by atoms with Crippen molar-refractivity contribution < 1.29 is 23.5 Å². The second kappa shape index (κ2) is 7.21. The first-order valence-electron chi connectivity index (χ1n) is 9.04. The third kappa shape index (κ3) is 3.50. The van der Waals surface area contributed by atoms with Gasteiger partial charge in [0.2, 0.25) is 0 Å². The molecule has 0 bridgehead atoms. The molecular formula is C21H20FNO4. The second-order valence-electron chi connectivity index (χ2n) is 6.78. The first kappa shape index (κ1) is 17.8. The maximum absolute atomic E-state index is 13.1. The number of likely N-dealkylation sites (tertiary alicyclic amines) is 1. The number of ether oxygens (including phenoxy) is 2. The molecule has 27 heavy (non-hydrogen) atoms. The lowest BCUT2D eigenvalue weighted by Crippen LogP contribution is -2.47. The molecule has 0 N–H and O–H groups in total. The monoisotopic (exact) mass is 369 g/mol. The van der Waals surface area contributed by atoms with Crippen molar-refractivity contribution in [2.75, 3.05) is 26.3 Å². The van der Waals surface area contributed by atoms with Crippen LogP contribution < -0.4 is 0 Å². The van der Waals surface area contributed by atoms with Crippen LogP contribution >= 0.6 is 0 Å². The van der Waals surface area contributed by atoms with Crippen molar-refractivity contribution in [2.24, 2.45) is 0 Å². The van der Waals surface area contributed by atoms with E-state index in [4.69, 9.17) is 9.47 Å². The molecule has 0 radical (unpaired) electrons. The van der Waals surface area contributed by atoms with Gasteiger partial charge >= 0.3 is 0 Å². The van der Waals surface area contributed by atoms with Gasteiger partial charge in [-0.05, 0) is 30.3 Å². The van der Waals surface area contributed by atoms with Gasteiger partial charge in [0.25, 0.3) is 5.91 Å². The lowest BCUT2D eigenvalue weighted by molar-refractivity contribution is -0.181. The summed E-state index contributed by atoms with van der Waals surface area (Å²) in [6, 6.07) is 12.1. The van der Waals surface area contributed by atoms with Crippen LogP contribution in [0.5, 0.6) is 0 Å². The Kier molecular flexibility index (Phi) is 4.76. The van der Waals surface area contributed by atoms with Crippen molar-refractivity contribution in [3.63, 3.8) is 0 Å². The summed E-state index contributed by atoms with van der Waals surface area (Å²) >= 11 is 0. The van der Waals surface area contributed by atoms with Gasteiger partial charge < -0.3 is 14.4 Å². The molecule has 0 unspecified atom stereocenters. The number of ketones is 1. The fraction of sp³-hybridized carbons (Fsp3) is 0.333. The number of carbonyl (C=O) groups excluding carboxylic acids is 2. The zero-order valence-corrected chi connectivity index (χ0v) is 14.8. The Bertz CT molecular complexity index is 849. The van der Waals surface area contributed by atoms with E-state index in [1.807, 2.05) is 0 Å². The van der Waals surface area contributed by atoms with E-state index in [1.165, 1.54) is 24.3 Å². The van der Waals surface area contributed by atoms with Crippen LogP contribution in [0, 0.1) is 5.82 Å². The number of halogens is 1. The van der Waals surface area contributed by atoms with Crippen LogP contribution in [-0.2, 0) is 9.47 Å². The fourth-order valence-electron chi connectivity index (χ4n) is 3.63. The molecule has 0 saturated carbocycles. The highest BCUT2D eigenvalue weighted by Crippen LogP contribution is 2.32. The molecule has 2 aromatic rings. The lowest BCUT2D eigenvalue weighted by Gasteiger charge is -2.37. The van der Waals surface area contributed by atoms with E-state index in [0.717, 1.165) is 0 Å². The van der Waals surface area contributed by atoms with E-state index >= 15 is 0 Å². The number of benzene rings is 2. The first-order valence-corrected chi connectivity index (χ1v) is 9.04. The Morgan fingerprint density at radius 2 is 1.48 bits per heavy atom. The van der Waals surface area contributed by atoms with Gasteiger partial charge in [0.05, 0.1) is 18.8 Å². The predicted octanol–water partition coefficient (Wildman–Crippen LogP) is 3.04. The highest BCUT2D eigenvalue weighted by Gasteiger charge is 2.41. The highest BCUT2D eigenvalue weighted by molar-refractivity contribution is 6.15. The fourth-order valence-corrected chi connectivity index (χ4v) is 3.63. The number of hydrogen-bond acceptors (Lipinski definition) is 4. The van der Waals surface area contributed by atoms with Crippen molar-refractivity contribution in [2.45, 2.75) is 18.6 Å². The quantitative estimate of drug-likeness (QED) is 0.781. The summed E-state index contributed by atoms with van der Waals surface area (Å²) < 4.78 is 24.5. The van der Waals surface area contributed by atoms with Gasteiger partial charge in [-0.15, -0.1) is 0 Å². The van der Waals surface area contributed by atoms with Crippen LogP contribution in [0.15, 0.2) is 48.5 Å². The van der Waals surface area contributed by atoms with Gasteiger partial charge in [0.15, 0.2) is 11.6 Å². The molecule has 2 aliphatic heterocycles. The zero-order chi connectivity index (χ0) is 18.9. The van der Waals surface area contributed by atoms with E-state index in [0.29, 0.717) is 55.8 Å². The van der Waals surface area contributed by atoms with Crippen molar-refractivity contribution in [3.8, 4) is 0 Å². The van der Waals surface area contributed by atoms with Gasteiger partial charge in [-0.2, -0.15) is 0 Å². The third-order valence-corrected chi connectivity index (χ3v) is 5.13. The molecule has 0 aromatic heterocycles. The first-order chi connectivity index (χ1) is 13.1. The molecule has 0 atom stereocenters. The van der Waals surface area contributed by atoms with Crippen LogP contribution in [0.1, 0.15) is 39.1 Å². The molecule has 5 nitrogen and oxygen atoms in total. The summed E-state index contributed by atoms with van der Waals surface area (Å²) in [5.41, 5.74) is 1.03. The molecule has 2 aliphatic rings. The Hall–Kier alpha value is -2.57. The van der Waals surface area contributed by atoms with Gasteiger partial charge in [0.1, 0.15) is 5.82 Å². The average Bonchev–Trinajstić information content (AvgIpc) is 3.16. The van der Waals surface area contributed by atoms with E-state index in [1.54, 1.807) is 29.2 Å². The standard InChI is InChI=1S/C21H20FNO4/c22-16-7-5-15(6-8-16)19(24)17-3-1-2-4-18(17)20(25)23-11-9-21(10-12-23)26-13-14-27-21/h1-8H,9-14H2. The highest BCUT2D eigenvalue weighted by atomic mass is 19.1. The molecule has 1 spiro atoms. The van der Waals surface area contributed by atoms with E-state index in [-0.39, 0.29) is 11.7 Å². The topological polar surface area (TPSA) is 55.8 Å². The van der Waals surface area contributed by atoms with Crippen LogP contribution in [0.2, 0.25) is 0 Å². The number of carbonyl (C=O) groups is 2. The molecule has 140 valence electrons.